The average molecular weight is 209 g/mol. The summed E-state index contributed by atoms with van der Waals surface area (Å²) in [6.07, 6.45) is 1.59. The Morgan fingerprint density at radius 2 is 1.93 bits per heavy atom. The van der Waals surface area contributed by atoms with E-state index in [1.165, 1.54) is 0 Å². The molecule has 0 bridgehead atoms. The Kier molecular flexibility index (Phi) is 3.04. The largest absolute Gasteiger partial charge is 0.366 e. The van der Waals surface area contributed by atoms with Gasteiger partial charge in [0.2, 0.25) is 5.91 Å². The van der Waals surface area contributed by atoms with Crippen LogP contribution in [0.2, 0.25) is 0 Å². The smallest absolute Gasteiger partial charge is 0.249 e. The molecule has 14 heavy (non-hydrogen) atoms. The van der Waals surface area contributed by atoms with Crippen molar-refractivity contribution in [3.05, 3.63) is 42.1 Å². The number of amides is 1. The lowest BCUT2D eigenvalue weighted by Crippen LogP contribution is -2.11. The molecule has 0 radical (unpaired) electrons. The van der Waals surface area contributed by atoms with Crippen LogP contribution >= 0.6 is 12.4 Å². The van der Waals surface area contributed by atoms with Crippen LogP contribution in [-0.2, 0) is 0 Å². The predicted octanol–water partition coefficient (Wildman–Crippen LogP) is 1.76. The van der Waals surface area contributed by atoms with E-state index >= 15 is 0 Å². The number of nitrogens with zero attached hydrogens (tertiary/aromatic N) is 1. The van der Waals surface area contributed by atoms with Crippen molar-refractivity contribution in [2.45, 2.75) is 0 Å². The van der Waals surface area contributed by atoms with Gasteiger partial charge in [0.1, 0.15) is 0 Å². The number of fused-ring (bicyclic) bond motifs is 1. The van der Waals surface area contributed by atoms with Gasteiger partial charge in [-0.25, -0.2) is 0 Å². The molecule has 0 spiro atoms. The van der Waals surface area contributed by atoms with Gasteiger partial charge in [-0.15, -0.1) is 12.4 Å². The van der Waals surface area contributed by atoms with Gasteiger partial charge in [-0.3, -0.25) is 9.78 Å². The molecule has 0 saturated carbocycles. The second-order valence-electron chi connectivity index (χ2n) is 2.74. The van der Waals surface area contributed by atoms with E-state index in [1.54, 1.807) is 12.3 Å². The predicted molar refractivity (Wildman–Crippen MR) is 57.5 cm³/mol. The van der Waals surface area contributed by atoms with E-state index in [0.717, 1.165) is 10.9 Å². The van der Waals surface area contributed by atoms with E-state index < -0.39 is 5.91 Å². The van der Waals surface area contributed by atoms with Gasteiger partial charge in [-0.1, -0.05) is 18.2 Å². The molecular weight excluding hydrogens is 200 g/mol. The highest BCUT2D eigenvalue weighted by molar-refractivity contribution is 6.05. The van der Waals surface area contributed by atoms with Crippen LogP contribution in [0.5, 0.6) is 0 Å². The molecule has 72 valence electrons. The van der Waals surface area contributed by atoms with Gasteiger partial charge in [-0.05, 0) is 12.1 Å². The van der Waals surface area contributed by atoms with Gasteiger partial charge in [0.05, 0.1) is 11.1 Å². The lowest BCUT2D eigenvalue weighted by atomic mass is 10.1. The van der Waals surface area contributed by atoms with Crippen molar-refractivity contribution in [3.63, 3.8) is 0 Å². The van der Waals surface area contributed by atoms with Crippen LogP contribution in [0.25, 0.3) is 10.9 Å². The van der Waals surface area contributed by atoms with E-state index in [9.17, 15) is 4.79 Å². The quantitative estimate of drug-likeness (QED) is 0.777. The molecule has 3 nitrogen and oxygen atoms in total. The van der Waals surface area contributed by atoms with Crippen LogP contribution in [0.3, 0.4) is 0 Å². The summed E-state index contributed by atoms with van der Waals surface area (Å²) in [6.45, 7) is 0. The second-order valence-corrected chi connectivity index (χ2v) is 2.74. The fraction of sp³-hybridized carbons (Fsp3) is 0. The van der Waals surface area contributed by atoms with Crippen LogP contribution in [0.4, 0.5) is 0 Å². The summed E-state index contributed by atoms with van der Waals surface area (Å²) in [4.78, 5) is 15.1. The first-order chi connectivity index (χ1) is 6.29. The number of carbonyl (C=O) groups excluding carboxylic acids is 1. The van der Waals surface area contributed by atoms with Crippen molar-refractivity contribution in [1.29, 1.82) is 0 Å². The Balaban J connectivity index is 0.000000980. The minimum Gasteiger partial charge on any atom is -0.366 e. The fourth-order valence-corrected chi connectivity index (χ4v) is 1.31. The highest BCUT2D eigenvalue weighted by Crippen LogP contribution is 2.14. The number of nitrogens with two attached hydrogens (primary N) is 1. The molecule has 0 aliphatic heterocycles. The molecular formula is C10H9ClN2O. The lowest BCUT2D eigenvalue weighted by Gasteiger charge is -2.00. The van der Waals surface area contributed by atoms with Gasteiger partial charge >= 0.3 is 0 Å². The zero-order valence-corrected chi connectivity index (χ0v) is 8.12. The molecule has 2 rings (SSSR count). The first-order valence-electron chi connectivity index (χ1n) is 3.92. The van der Waals surface area contributed by atoms with Crippen molar-refractivity contribution < 1.29 is 4.79 Å². The van der Waals surface area contributed by atoms with Gasteiger partial charge in [0.15, 0.2) is 0 Å². The summed E-state index contributed by atoms with van der Waals surface area (Å²) in [5.41, 5.74) is 6.52. The molecule has 0 fully saturated rings. The lowest BCUT2D eigenvalue weighted by molar-refractivity contribution is 0.100. The molecule has 1 heterocycles. The average Bonchev–Trinajstić information content (AvgIpc) is 2.17. The molecule has 1 amide bonds. The molecule has 0 atom stereocenters. The Hall–Kier alpha value is -1.61. The van der Waals surface area contributed by atoms with E-state index in [2.05, 4.69) is 4.98 Å². The fourth-order valence-electron chi connectivity index (χ4n) is 1.31. The number of aromatic nitrogens is 1. The number of pyridine rings is 1. The molecule has 2 N–H and O–H groups in total. The highest BCUT2D eigenvalue weighted by Gasteiger charge is 2.04. The van der Waals surface area contributed by atoms with Gasteiger partial charge in [-0.2, -0.15) is 0 Å². The standard InChI is InChI=1S/C10H8N2O.ClH/c11-10(13)8-5-6-12-9-4-2-1-3-7(8)9;/h1-6H,(H2,11,13);1H. The zero-order valence-electron chi connectivity index (χ0n) is 7.31. The molecule has 1 aromatic heterocycles. The maximum atomic E-state index is 11.0. The summed E-state index contributed by atoms with van der Waals surface area (Å²) in [7, 11) is 0. The maximum Gasteiger partial charge on any atom is 0.249 e. The van der Waals surface area contributed by atoms with Crippen molar-refractivity contribution >= 4 is 29.2 Å². The Morgan fingerprint density at radius 1 is 1.21 bits per heavy atom. The Labute approximate surface area is 87.4 Å². The topological polar surface area (TPSA) is 56.0 Å². The number of hydrogen-bond acceptors (Lipinski definition) is 2. The molecule has 0 unspecified atom stereocenters. The number of para-hydroxylation sites is 1. The van der Waals surface area contributed by atoms with E-state index in [4.69, 9.17) is 5.73 Å². The number of carbonyl (C=O) groups is 1. The third-order valence-corrected chi connectivity index (χ3v) is 1.91. The number of hydrogen-bond donors (Lipinski definition) is 1. The monoisotopic (exact) mass is 208 g/mol. The van der Waals surface area contributed by atoms with Crippen molar-refractivity contribution in [3.8, 4) is 0 Å². The third kappa shape index (κ3) is 1.67. The molecule has 1 aromatic carbocycles. The van der Waals surface area contributed by atoms with E-state index in [0.29, 0.717) is 5.56 Å². The van der Waals surface area contributed by atoms with Crippen LogP contribution in [0.15, 0.2) is 36.5 Å². The first-order valence-corrected chi connectivity index (χ1v) is 3.92. The molecule has 2 aromatic rings. The second kappa shape index (κ2) is 4.07. The summed E-state index contributed by atoms with van der Waals surface area (Å²) in [5, 5.41) is 0.803. The number of benzene rings is 1. The normalized spacial score (nSPS) is 9.43. The minimum absolute atomic E-state index is 0. The van der Waals surface area contributed by atoms with Crippen molar-refractivity contribution in [2.75, 3.05) is 0 Å². The molecule has 0 saturated heterocycles. The molecule has 0 aliphatic carbocycles. The van der Waals surface area contributed by atoms with Crippen LogP contribution < -0.4 is 5.73 Å². The van der Waals surface area contributed by atoms with Gasteiger partial charge < -0.3 is 5.73 Å². The molecule has 0 aliphatic rings. The van der Waals surface area contributed by atoms with Crippen LogP contribution in [0, 0.1) is 0 Å². The van der Waals surface area contributed by atoms with Crippen molar-refractivity contribution in [1.82, 2.24) is 4.98 Å². The number of primary amides is 1. The highest BCUT2D eigenvalue weighted by atomic mass is 35.5. The molecule has 4 heteroatoms. The Morgan fingerprint density at radius 3 is 2.64 bits per heavy atom. The number of halogens is 1. The first kappa shape index (κ1) is 10.5. The Bertz CT molecular complexity index is 465. The van der Waals surface area contributed by atoms with E-state index in [-0.39, 0.29) is 12.4 Å². The summed E-state index contributed by atoms with van der Waals surface area (Å²) < 4.78 is 0. The summed E-state index contributed by atoms with van der Waals surface area (Å²) in [5.74, 6) is -0.418. The minimum atomic E-state index is -0.418. The van der Waals surface area contributed by atoms with E-state index in [1.807, 2.05) is 24.3 Å². The number of rotatable bonds is 1. The van der Waals surface area contributed by atoms with Crippen molar-refractivity contribution in [2.24, 2.45) is 5.73 Å². The van der Waals surface area contributed by atoms with Crippen LogP contribution in [0.1, 0.15) is 10.4 Å². The maximum absolute atomic E-state index is 11.0. The van der Waals surface area contributed by atoms with Gasteiger partial charge in [0.25, 0.3) is 0 Å². The SMILES string of the molecule is Cl.NC(=O)c1ccnc2ccccc12. The van der Waals surface area contributed by atoms with Gasteiger partial charge in [0, 0.05) is 11.6 Å². The summed E-state index contributed by atoms with van der Waals surface area (Å²) in [6, 6.07) is 9.05. The van der Waals surface area contributed by atoms with Crippen LogP contribution in [-0.4, -0.2) is 10.9 Å². The third-order valence-electron chi connectivity index (χ3n) is 1.91. The zero-order chi connectivity index (χ0) is 9.26. The summed E-state index contributed by atoms with van der Waals surface area (Å²) >= 11 is 0.